The van der Waals surface area contributed by atoms with Gasteiger partial charge in [0.05, 0.1) is 28.3 Å². The number of para-hydroxylation sites is 1. The number of carboxylic acid groups (broad SMARTS) is 1. The summed E-state index contributed by atoms with van der Waals surface area (Å²) in [6, 6.07) is 13.0. The van der Waals surface area contributed by atoms with E-state index in [1.165, 1.54) is 21.9 Å². The number of hydrogen-bond acceptors (Lipinski definition) is 8. The van der Waals surface area contributed by atoms with Crippen molar-refractivity contribution in [3.63, 3.8) is 0 Å². The molecule has 0 saturated carbocycles. The van der Waals surface area contributed by atoms with E-state index in [1.54, 1.807) is 43.3 Å². The SMILES string of the molecule is CCOC(=O)c1ccc(NC(=O)CN2C(=O)C(=C3SC(=S)N(CCCC(=O)O)C3=O)c3ccccc32)cc1. The third-order valence-electron chi connectivity index (χ3n) is 5.75. The molecule has 2 heterocycles. The van der Waals surface area contributed by atoms with E-state index in [0.717, 1.165) is 11.8 Å². The summed E-state index contributed by atoms with van der Waals surface area (Å²) in [6.45, 7) is 1.78. The van der Waals surface area contributed by atoms with Crippen molar-refractivity contribution in [2.75, 3.05) is 29.9 Å². The lowest BCUT2D eigenvalue weighted by Gasteiger charge is -2.17. The minimum atomic E-state index is -0.974. The van der Waals surface area contributed by atoms with Gasteiger partial charge in [-0.1, -0.05) is 42.2 Å². The summed E-state index contributed by atoms with van der Waals surface area (Å²) in [4.78, 5) is 64.9. The smallest absolute Gasteiger partial charge is 0.338 e. The van der Waals surface area contributed by atoms with E-state index in [0.29, 0.717) is 22.5 Å². The first-order valence-corrected chi connectivity index (χ1v) is 12.9. The topological polar surface area (TPSA) is 133 Å². The van der Waals surface area contributed by atoms with Gasteiger partial charge in [-0.3, -0.25) is 29.0 Å². The van der Waals surface area contributed by atoms with Crippen molar-refractivity contribution < 1.29 is 33.8 Å². The summed E-state index contributed by atoms with van der Waals surface area (Å²) in [5.41, 5.74) is 1.93. The second kappa shape index (κ2) is 11.6. The summed E-state index contributed by atoms with van der Waals surface area (Å²) in [5, 5.41) is 11.6. The number of carboxylic acids is 1. The number of fused-ring (bicyclic) bond motifs is 1. The van der Waals surface area contributed by atoms with Crippen LogP contribution in [0.2, 0.25) is 0 Å². The Labute approximate surface area is 227 Å². The van der Waals surface area contributed by atoms with Crippen LogP contribution in [0, 0.1) is 0 Å². The third kappa shape index (κ3) is 5.60. The average molecular weight is 554 g/mol. The van der Waals surface area contributed by atoms with E-state index in [4.69, 9.17) is 22.1 Å². The van der Waals surface area contributed by atoms with Crippen molar-refractivity contribution in [3.8, 4) is 0 Å². The van der Waals surface area contributed by atoms with Gasteiger partial charge < -0.3 is 15.2 Å². The highest BCUT2D eigenvalue weighted by Gasteiger charge is 2.42. The molecule has 1 fully saturated rings. The molecule has 0 spiro atoms. The molecule has 2 aromatic carbocycles. The van der Waals surface area contributed by atoms with Crippen molar-refractivity contribution in [1.29, 1.82) is 0 Å². The summed E-state index contributed by atoms with van der Waals surface area (Å²) in [6.07, 6.45) is 0.112. The van der Waals surface area contributed by atoms with Gasteiger partial charge in [0.1, 0.15) is 10.9 Å². The maximum Gasteiger partial charge on any atom is 0.338 e. The molecule has 3 amide bonds. The Morgan fingerprint density at radius 2 is 1.74 bits per heavy atom. The second-order valence-electron chi connectivity index (χ2n) is 8.28. The highest BCUT2D eigenvalue weighted by molar-refractivity contribution is 8.26. The number of nitrogens with one attached hydrogen (secondary N) is 1. The van der Waals surface area contributed by atoms with Crippen LogP contribution >= 0.6 is 24.0 Å². The third-order valence-corrected chi connectivity index (χ3v) is 7.20. The standard InChI is InChI=1S/C26H23N3O7S2/c1-2-36-25(35)15-9-11-16(12-10-15)27-19(30)14-29-18-7-4-3-6-17(18)21(23(29)33)22-24(34)28(26(37)38-22)13-5-8-20(31)32/h3-4,6-7,9-12H,2,5,8,13-14H2,1H3,(H,27,30)(H,31,32). The zero-order chi connectivity index (χ0) is 27.4. The largest absolute Gasteiger partial charge is 0.481 e. The number of hydrogen-bond donors (Lipinski definition) is 2. The van der Waals surface area contributed by atoms with Crippen LogP contribution in [0.1, 0.15) is 35.7 Å². The number of nitrogens with zero attached hydrogens (tertiary/aromatic N) is 2. The summed E-state index contributed by atoms with van der Waals surface area (Å²) < 4.78 is 5.20. The molecule has 10 nitrogen and oxygen atoms in total. The first kappa shape index (κ1) is 27.0. The molecule has 0 aliphatic carbocycles. The predicted octanol–water partition coefficient (Wildman–Crippen LogP) is 3.28. The Morgan fingerprint density at radius 1 is 1.03 bits per heavy atom. The number of carbonyl (C=O) groups is 5. The van der Waals surface area contributed by atoms with Gasteiger partial charge in [0.15, 0.2) is 0 Å². The first-order chi connectivity index (χ1) is 18.2. The average Bonchev–Trinajstić information content (AvgIpc) is 3.31. The van der Waals surface area contributed by atoms with Gasteiger partial charge in [0.25, 0.3) is 11.8 Å². The Balaban J connectivity index is 1.52. The number of thiocarbonyl (C=S) groups is 1. The van der Waals surface area contributed by atoms with Crippen LogP contribution in [0.15, 0.2) is 53.4 Å². The number of amides is 3. The van der Waals surface area contributed by atoms with Gasteiger partial charge in [-0.05, 0) is 43.7 Å². The van der Waals surface area contributed by atoms with Crippen LogP contribution in [0.25, 0.3) is 5.57 Å². The fraction of sp³-hybridized carbons (Fsp3) is 0.231. The maximum atomic E-state index is 13.5. The maximum absolute atomic E-state index is 13.5. The number of aliphatic carboxylic acids is 1. The lowest BCUT2D eigenvalue weighted by atomic mass is 10.1. The van der Waals surface area contributed by atoms with Crippen LogP contribution < -0.4 is 10.2 Å². The van der Waals surface area contributed by atoms with Gasteiger partial charge in [-0.2, -0.15) is 0 Å². The molecule has 4 rings (SSSR count). The summed E-state index contributed by atoms with van der Waals surface area (Å²) in [5.74, 6) is -2.89. The zero-order valence-corrected chi connectivity index (χ0v) is 21.9. The monoisotopic (exact) mass is 553 g/mol. The van der Waals surface area contributed by atoms with Crippen molar-refractivity contribution in [2.45, 2.75) is 19.8 Å². The minimum absolute atomic E-state index is 0.112. The fourth-order valence-electron chi connectivity index (χ4n) is 4.04. The Kier molecular flexibility index (Phi) is 8.23. The van der Waals surface area contributed by atoms with Gasteiger partial charge in [0, 0.05) is 24.2 Å². The summed E-state index contributed by atoms with van der Waals surface area (Å²) in [7, 11) is 0. The molecule has 2 N–H and O–H groups in total. The molecule has 0 atom stereocenters. The number of rotatable bonds is 9. The number of thioether (sulfide) groups is 1. The molecule has 1 saturated heterocycles. The van der Waals surface area contributed by atoms with Crippen molar-refractivity contribution >= 4 is 74.9 Å². The van der Waals surface area contributed by atoms with E-state index in [1.807, 2.05) is 0 Å². The minimum Gasteiger partial charge on any atom is -0.481 e. The van der Waals surface area contributed by atoms with E-state index < -0.39 is 29.7 Å². The van der Waals surface area contributed by atoms with Crippen molar-refractivity contribution in [1.82, 2.24) is 4.90 Å². The number of ether oxygens (including phenoxy) is 1. The van der Waals surface area contributed by atoms with Gasteiger partial charge in [-0.15, -0.1) is 0 Å². The molecule has 38 heavy (non-hydrogen) atoms. The summed E-state index contributed by atoms with van der Waals surface area (Å²) >= 11 is 6.32. The number of benzene rings is 2. The zero-order valence-electron chi connectivity index (χ0n) is 20.3. The quantitative estimate of drug-likeness (QED) is 0.273. The molecule has 0 unspecified atom stereocenters. The predicted molar refractivity (Wildman–Crippen MR) is 146 cm³/mol. The molecule has 2 aliphatic heterocycles. The van der Waals surface area contributed by atoms with Crippen molar-refractivity contribution in [3.05, 3.63) is 64.6 Å². The van der Waals surface area contributed by atoms with Crippen molar-refractivity contribution in [2.24, 2.45) is 0 Å². The number of anilines is 2. The van der Waals surface area contributed by atoms with Gasteiger partial charge in [-0.25, -0.2) is 4.79 Å². The van der Waals surface area contributed by atoms with Gasteiger partial charge >= 0.3 is 11.9 Å². The van der Waals surface area contributed by atoms with Crippen LogP contribution in [0.5, 0.6) is 0 Å². The van der Waals surface area contributed by atoms with E-state index >= 15 is 0 Å². The highest BCUT2D eigenvalue weighted by atomic mass is 32.2. The van der Waals surface area contributed by atoms with E-state index in [-0.39, 0.29) is 47.3 Å². The molecule has 0 aromatic heterocycles. The molecular formula is C26H23N3O7S2. The molecule has 12 heteroatoms. The van der Waals surface area contributed by atoms with Crippen LogP contribution in [-0.2, 0) is 23.9 Å². The molecular weight excluding hydrogens is 530 g/mol. The lowest BCUT2D eigenvalue weighted by molar-refractivity contribution is -0.137. The Morgan fingerprint density at radius 3 is 2.42 bits per heavy atom. The van der Waals surface area contributed by atoms with Crippen LogP contribution in [-0.4, -0.2) is 63.7 Å². The molecule has 2 aliphatic rings. The Bertz CT molecular complexity index is 1370. The first-order valence-electron chi connectivity index (χ1n) is 11.7. The Hall–Kier alpha value is -4.03. The highest BCUT2D eigenvalue weighted by Crippen LogP contribution is 2.44. The molecule has 196 valence electrons. The molecule has 2 aromatic rings. The lowest BCUT2D eigenvalue weighted by Crippen LogP contribution is -2.35. The van der Waals surface area contributed by atoms with E-state index in [9.17, 15) is 24.0 Å². The molecule has 0 bridgehead atoms. The fourth-order valence-corrected chi connectivity index (χ4v) is 5.42. The molecule has 0 radical (unpaired) electrons. The van der Waals surface area contributed by atoms with Crippen LogP contribution in [0.4, 0.5) is 11.4 Å². The number of esters is 1. The normalized spacial score (nSPS) is 16.6. The van der Waals surface area contributed by atoms with Crippen LogP contribution in [0.3, 0.4) is 0 Å². The second-order valence-corrected chi connectivity index (χ2v) is 9.92. The number of carbonyl (C=O) groups excluding carboxylic acids is 4. The van der Waals surface area contributed by atoms with Gasteiger partial charge in [0.2, 0.25) is 5.91 Å². The van der Waals surface area contributed by atoms with E-state index in [2.05, 4.69) is 5.32 Å².